The molecule has 0 aliphatic heterocycles. The van der Waals surface area contributed by atoms with Gasteiger partial charge in [-0.25, -0.2) is 0 Å². The Morgan fingerprint density at radius 3 is 2.58 bits per heavy atom. The predicted octanol–water partition coefficient (Wildman–Crippen LogP) is 0.120. The topological polar surface area (TPSA) is 0 Å². The summed E-state index contributed by atoms with van der Waals surface area (Å²) in [5.74, 6) is 0.600. The summed E-state index contributed by atoms with van der Waals surface area (Å²) in [5.41, 5.74) is 7.73. The Morgan fingerprint density at radius 2 is 1.92 bits per heavy atom. The van der Waals surface area contributed by atoms with Gasteiger partial charge in [-0.1, -0.05) is 67.9 Å². The van der Waals surface area contributed by atoms with Crippen molar-refractivity contribution in [3.8, 4) is 0 Å². The van der Waals surface area contributed by atoms with Crippen molar-refractivity contribution in [2.45, 2.75) is 58.3 Å². The fourth-order valence-corrected chi connectivity index (χ4v) is 3.64. The number of halogens is 2. The summed E-state index contributed by atoms with van der Waals surface area (Å²) in [6.45, 7) is 4.53. The Hall–Kier alpha value is -0.0969. The molecule has 3 rings (SSSR count). The number of rotatable bonds is 6. The molecular formula is C21H26Cl2Zr. The maximum absolute atomic E-state index is 2.43. The number of hydrogen-bond donors (Lipinski definition) is 0. The molecule has 0 heterocycles. The second kappa shape index (κ2) is 11.5. The molecule has 0 spiro atoms. The molecule has 0 saturated heterocycles. The van der Waals surface area contributed by atoms with E-state index in [0.717, 1.165) is 6.42 Å². The first-order valence-electron chi connectivity index (χ1n) is 8.44. The van der Waals surface area contributed by atoms with E-state index in [1.165, 1.54) is 43.2 Å². The molecule has 0 bridgehead atoms. The number of hydrogen-bond acceptors (Lipinski definition) is 0. The van der Waals surface area contributed by atoms with Gasteiger partial charge in [0.05, 0.1) is 0 Å². The van der Waals surface area contributed by atoms with Crippen LogP contribution in [0.3, 0.4) is 0 Å². The van der Waals surface area contributed by atoms with Crippen molar-refractivity contribution < 1.29 is 51.0 Å². The second-order valence-corrected chi connectivity index (χ2v) is 6.45. The van der Waals surface area contributed by atoms with Crippen molar-refractivity contribution in [1.82, 2.24) is 0 Å². The molecule has 0 aromatic heterocycles. The summed E-state index contributed by atoms with van der Waals surface area (Å²) in [7, 11) is 0. The zero-order valence-corrected chi connectivity index (χ0v) is 18.6. The maximum atomic E-state index is 2.43. The summed E-state index contributed by atoms with van der Waals surface area (Å²) in [4.78, 5) is 0. The molecule has 1 atom stereocenters. The third-order valence-electron chi connectivity index (χ3n) is 4.84. The van der Waals surface area contributed by atoms with E-state index in [0.29, 0.717) is 5.92 Å². The van der Waals surface area contributed by atoms with Gasteiger partial charge in [-0.05, 0) is 54.9 Å². The minimum Gasteiger partial charge on any atom is -1.00 e. The molecule has 1 aromatic rings. The molecule has 0 fully saturated rings. The normalized spacial score (nSPS) is 16.8. The van der Waals surface area contributed by atoms with E-state index in [1.807, 2.05) is 0 Å². The van der Waals surface area contributed by atoms with E-state index in [2.05, 4.69) is 56.4 Å². The van der Waals surface area contributed by atoms with Crippen LogP contribution in [0.5, 0.6) is 0 Å². The largest absolute Gasteiger partial charge is 2.00 e. The molecule has 1 unspecified atom stereocenters. The van der Waals surface area contributed by atoms with E-state index in [1.54, 1.807) is 16.7 Å². The van der Waals surface area contributed by atoms with E-state index in [9.17, 15) is 0 Å². The third-order valence-corrected chi connectivity index (χ3v) is 4.84. The average molecular weight is 441 g/mol. The van der Waals surface area contributed by atoms with E-state index in [4.69, 9.17) is 0 Å². The average Bonchev–Trinajstić information content (AvgIpc) is 3.13. The molecule has 0 saturated carbocycles. The van der Waals surface area contributed by atoms with E-state index < -0.39 is 0 Å². The zero-order valence-electron chi connectivity index (χ0n) is 14.6. The van der Waals surface area contributed by atoms with Crippen LogP contribution in [0.2, 0.25) is 0 Å². The smallest absolute Gasteiger partial charge is 1.00 e. The quantitative estimate of drug-likeness (QED) is 0.552. The van der Waals surface area contributed by atoms with Crippen molar-refractivity contribution in [1.29, 1.82) is 0 Å². The van der Waals surface area contributed by atoms with Crippen molar-refractivity contribution in [3.63, 3.8) is 0 Å². The van der Waals surface area contributed by atoms with Gasteiger partial charge in [-0.2, -0.15) is 0 Å². The molecule has 128 valence electrons. The molecule has 2 aliphatic rings. The molecule has 0 N–H and O–H groups in total. The van der Waals surface area contributed by atoms with Gasteiger partial charge < -0.3 is 24.8 Å². The standard InChI is InChI=1S/C21H26.2ClH.Zr/c1-3-4-5-10-18-12-11-16(2)20-14-13-19(21(18)20)15-17-8-6-7-9-17;;;/h6-8,11-14,19H,3-5,9-10,15H2,1-2H3;2*1H;/q;;;+2/p-2. The Bertz CT molecular complexity index is 615. The fourth-order valence-electron chi connectivity index (χ4n) is 3.64. The van der Waals surface area contributed by atoms with Crippen LogP contribution in [0, 0.1) is 6.92 Å². The first kappa shape index (κ1) is 23.9. The van der Waals surface area contributed by atoms with Gasteiger partial charge in [0.1, 0.15) is 0 Å². The van der Waals surface area contributed by atoms with Crippen molar-refractivity contribution in [3.05, 3.63) is 64.3 Å². The summed E-state index contributed by atoms with van der Waals surface area (Å²) < 4.78 is 0. The molecule has 0 radical (unpaired) electrons. The Morgan fingerprint density at radius 1 is 1.12 bits per heavy atom. The number of benzene rings is 1. The van der Waals surface area contributed by atoms with Gasteiger partial charge in [0.15, 0.2) is 0 Å². The van der Waals surface area contributed by atoms with Gasteiger partial charge in [-0.15, -0.1) is 0 Å². The molecule has 2 aliphatic carbocycles. The minimum absolute atomic E-state index is 0. The number of fused-ring (bicyclic) bond motifs is 1. The SMILES string of the molecule is CCCCCc1ccc(C)c2c1C(CC1=CC=CC1)C=C2.[Cl-].[Cl-].[Zr+2]. The van der Waals surface area contributed by atoms with Crippen molar-refractivity contribution >= 4 is 6.08 Å². The maximum Gasteiger partial charge on any atom is 2.00 e. The molecule has 1 aromatic carbocycles. The predicted molar refractivity (Wildman–Crippen MR) is 92.6 cm³/mol. The first-order chi connectivity index (χ1) is 10.3. The van der Waals surface area contributed by atoms with Gasteiger partial charge in [-0.3, -0.25) is 0 Å². The number of unbranched alkanes of at least 4 members (excludes halogenated alkanes) is 2. The van der Waals surface area contributed by atoms with Gasteiger partial charge in [0, 0.05) is 5.92 Å². The van der Waals surface area contributed by atoms with Crippen LogP contribution in [0.4, 0.5) is 0 Å². The minimum atomic E-state index is 0. The zero-order chi connectivity index (χ0) is 14.7. The Balaban J connectivity index is 0.00000176. The van der Waals surface area contributed by atoms with Gasteiger partial charge in [0.2, 0.25) is 0 Å². The third kappa shape index (κ3) is 5.45. The Labute approximate surface area is 178 Å². The summed E-state index contributed by atoms with van der Waals surface area (Å²) in [6, 6.07) is 4.69. The number of allylic oxidation sites excluding steroid dienone is 5. The molecule has 0 nitrogen and oxygen atoms in total. The number of aryl methyl sites for hydroxylation is 2. The van der Waals surface area contributed by atoms with Crippen LogP contribution in [0.15, 0.2) is 42.0 Å². The van der Waals surface area contributed by atoms with Crippen LogP contribution in [-0.4, -0.2) is 0 Å². The van der Waals surface area contributed by atoms with Crippen molar-refractivity contribution in [2.75, 3.05) is 0 Å². The van der Waals surface area contributed by atoms with Gasteiger partial charge >= 0.3 is 26.2 Å². The van der Waals surface area contributed by atoms with Crippen molar-refractivity contribution in [2.24, 2.45) is 0 Å². The van der Waals surface area contributed by atoms with E-state index >= 15 is 0 Å². The Kier molecular flexibility index (Phi) is 11.5. The fraction of sp³-hybridized carbons (Fsp3) is 0.429. The monoisotopic (exact) mass is 438 g/mol. The second-order valence-electron chi connectivity index (χ2n) is 6.45. The van der Waals surface area contributed by atoms with Crippen LogP contribution in [-0.2, 0) is 32.6 Å². The van der Waals surface area contributed by atoms with Crippen LogP contribution in [0.25, 0.3) is 6.08 Å². The van der Waals surface area contributed by atoms with Crippen LogP contribution in [0.1, 0.15) is 67.2 Å². The van der Waals surface area contributed by atoms with E-state index in [-0.39, 0.29) is 51.0 Å². The summed E-state index contributed by atoms with van der Waals surface area (Å²) in [6.07, 6.45) is 19.1. The van der Waals surface area contributed by atoms with Crippen LogP contribution >= 0.6 is 0 Å². The molecule has 24 heavy (non-hydrogen) atoms. The van der Waals surface area contributed by atoms with Crippen LogP contribution < -0.4 is 24.8 Å². The molecule has 0 amide bonds. The molecule has 3 heteroatoms. The molecular weight excluding hydrogens is 414 g/mol. The van der Waals surface area contributed by atoms with Gasteiger partial charge in [0.25, 0.3) is 0 Å². The first-order valence-corrected chi connectivity index (χ1v) is 8.44. The summed E-state index contributed by atoms with van der Waals surface area (Å²) >= 11 is 0. The summed E-state index contributed by atoms with van der Waals surface area (Å²) in [5, 5.41) is 0.